The lowest BCUT2D eigenvalue weighted by Gasteiger charge is -2.08. The number of hydrogen-bond donors (Lipinski definition) is 1. The van der Waals surface area contributed by atoms with Crippen LogP contribution in [0.4, 0.5) is 11.4 Å². The average Bonchev–Trinajstić information content (AvgIpc) is 3.24. The zero-order valence-corrected chi connectivity index (χ0v) is 17.4. The highest BCUT2D eigenvalue weighted by Gasteiger charge is 2.18. The molecule has 3 aromatic rings. The summed E-state index contributed by atoms with van der Waals surface area (Å²) < 4.78 is 21.2. The van der Waals surface area contributed by atoms with Gasteiger partial charge in [0.15, 0.2) is 18.1 Å². The van der Waals surface area contributed by atoms with Crippen molar-refractivity contribution in [2.24, 2.45) is 0 Å². The van der Waals surface area contributed by atoms with Crippen molar-refractivity contribution in [2.45, 2.75) is 11.8 Å². The minimum Gasteiger partial charge on any atom is -0.496 e. The number of aromatic nitrogens is 2. The van der Waals surface area contributed by atoms with Gasteiger partial charge in [0.25, 0.3) is 16.8 Å². The molecule has 162 valence electrons. The average molecular weight is 446 g/mol. The molecule has 12 heteroatoms. The summed E-state index contributed by atoms with van der Waals surface area (Å²) in [5, 5.41) is 21.6. The van der Waals surface area contributed by atoms with Crippen molar-refractivity contribution in [3.05, 3.63) is 58.5 Å². The Labute approximate surface area is 180 Å². The molecule has 1 heterocycles. The van der Waals surface area contributed by atoms with Gasteiger partial charge in [-0.15, -0.1) is 10.2 Å². The van der Waals surface area contributed by atoms with Gasteiger partial charge in [0.1, 0.15) is 11.4 Å². The minimum absolute atomic E-state index is 0.0260. The maximum atomic E-state index is 12.2. The molecule has 3 rings (SSSR count). The Morgan fingerprint density at radius 2 is 1.94 bits per heavy atom. The van der Waals surface area contributed by atoms with E-state index in [9.17, 15) is 14.9 Å². The molecule has 31 heavy (non-hydrogen) atoms. The van der Waals surface area contributed by atoms with Gasteiger partial charge in [-0.1, -0.05) is 23.9 Å². The van der Waals surface area contributed by atoms with E-state index in [1.807, 2.05) is 6.07 Å². The molecule has 0 spiro atoms. The normalized spacial score (nSPS) is 10.4. The van der Waals surface area contributed by atoms with E-state index in [1.165, 1.54) is 32.4 Å². The zero-order valence-electron chi connectivity index (χ0n) is 16.6. The van der Waals surface area contributed by atoms with Crippen LogP contribution in [0.1, 0.15) is 5.89 Å². The molecule has 0 bridgehead atoms. The molecule has 0 aliphatic heterocycles. The Bertz CT molecular complexity index is 1070. The molecule has 0 atom stereocenters. The number of nitrogens with zero attached hydrogens (tertiary/aromatic N) is 3. The van der Waals surface area contributed by atoms with Crippen LogP contribution in [0.15, 0.2) is 52.1 Å². The Kier molecular flexibility index (Phi) is 7.27. The smallest absolute Gasteiger partial charge is 0.296 e. The predicted octanol–water partition coefficient (Wildman–Crippen LogP) is 3.30. The zero-order chi connectivity index (χ0) is 22.2. The Morgan fingerprint density at radius 1 is 1.16 bits per heavy atom. The lowest BCUT2D eigenvalue weighted by molar-refractivity contribution is -0.384. The van der Waals surface area contributed by atoms with Crippen LogP contribution >= 0.6 is 11.8 Å². The summed E-state index contributed by atoms with van der Waals surface area (Å²) in [6, 6.07) is 11.3. The Morgan fingerprint density at radius 3 is 2.65 bits per heavy atom. The molecule has 1 aromatic heterocycles. The SMILES string of the molecule is COc1ccc(NC(=O)CSc2nnc(COc3ccccc3OC)o2)c([N+](=O)[O-])c1. The van der Waals surface area contributed by atoms with Crippen LogP contribution < -0.4 is 19.5 Å². The number of nitro groups is 1. The van der Waals surface area contributed by atoms with Gasteiger partial charge in [-0.3, -0.25) is 14.9 Å². The fourth-order valence-electron chi connectivity index (χ4n) is 2.44. The van der Waals surface area contributed by atoms with Crippen LogP contribution in [0.25, 0.3) is 0 Å². The van der Waals surface area contributed by atoms with E-state index in [-0.39, 0.29) is 34.8 Å². The molecule has 0 saturated heterocycles. The third kappa shape index (κ3) is 5.85. The van der Waals surface area contributed by atoms with Crippen molar-refractivity contribution < 1.29 is 28.3 Å². The van der Waals surface area contributed by atoms with Crippen LogP contribution in [-0.2, 0) is 11.4 Å². The molecule has 0 aliphatic carbocycles. The topological polar surface area (TPSA) is 139 Å². The summed E-state index contributed by atoms with van der Waals surface area (Å²) in [7, 11) is 2.93. The van der Waals surface area contributed by atoms with Crippen molar-refractivity contribution in [2.75, 3.05) is 25.3 Å². The molecule has 0 radical (unpaired) electrons. The van der Waals surface area contributed by atoms with E-state index >= 15 is 0 Å². The summed E-state index contributed by atoms with van der Waals surface area (Å²) in [4.78, 5) is 22.8. The maximum absolute atomic E-state index is 12.2. The number of para-hydroxylation sites is 2. The number of carbonyl (C=O) groups excluding carboxylic acids is 1. The van der Waals surface area contributed by atoms with Gasteiger partial charge in [-0.05, 0) is 24.3 Å². The fourth-order valence-corrected chi connectivity index (χ4v) is 3.02. The van der Waals surface area contributed by atoms with Crippen molar-refractivity contribution in [3.8, 4) is 17.2 Å². The molecule has 0 fully saturated rings. The lowest BCUT2D eigenvalue weighted by atomic mass is 10.2. The molecular formula is C19H18N4O7S. The first-order valence-corrected chi connectivity index (χ1v) is 9.82. The van der Waals surface area contributed by atoms with Crippen molar-refractivity contribution in [1.29, 1.82) is 0 Å². The van der Waals surface area contributed by atoms with E-state index in [0.29, 0.717) is 17.2 Å². The van der Waals surface area contributed by atoms with Crippen LogP contribution in [0, 0.1) is 10.1 Å². The number of nitro benzene ring substituents is 1. The fraction of sp³-hybridized carbons (Fsp3) is 0.211. The highest BCUT2D eigenvalue weighted by molar-refractivity contribution is 7.99. The Hall–Kier alpha value is -3.80. The third-order valence-electron chi connectivity index (χ3n) is 3.87. The number of ether oxygens (including phenoxy) is 3. The van der Waals surface area contributed by atoms with Gasteiger partial charge < -0.3 is 23.9 Å². The van der Waals surface area contributed by atoms with Crippen molar-refractivity contribution in [3.63, 3.8) is 0 Å². The number of hydrogen-bond acceptors (Lipinski definition) is 10. The molecule has 2 aromatic carbocycles. The Balaban J connectivity index is 1.54. The summed E-state index contributed by atoms with van der Waals surface area (Å²) in [5.41, 5.74) is -0.209. The second-order valence-electron chi connectivity index (χ2n) is 5.88. The first-order valence-electron chi connectivity index (χ1n) is 8.83. The monoisotopic (exact) mass is 446 g/mol. The number of carbonyl (C=O) groups is 1. The molecule has 11 nitrogen and oxygen atoms in total. The highest BCUT2D eigenvalue weighted by Crippen LogP contribution is 2.29. The van der Waals surface area contributed by atoms with Gasteiger partial charge in [0, 0.05) is 0 Å². The summed E-state index contributed by atoms with van der Waals surface area (Å²) in [6.07, 6.45) is 0. The van der Waals surface area contributed by atoms with E-state index in [2.05, 4.69) is 15.5 Å². The second-order valence-corrected chi connectivity index (χ2v) is 6.80. The summed E-state index contributed by atoms with van der Waals surface area (Å²) in [6.45, 7) is 0.0260. The molecule has 0 unspecified atom stereocenters. The minimum atomic E-state index is -0.600. The molecule has 1 amide bonds. The molecular weight excluding hydrogens is 428 g/mol. The molecule has 0 saturated carbocycles. The lowest BCUT2D eigenvalue weighted by Crippen LogP contribution is -2.15. The van der Waals surface area contributed by atoms with E-state index in [1.54, 1.807) is 18.2 Å². The van der Waals surface area contributed by atoms with E-state index in [4.69, 9.17) is 18.6 Å². The number of nitrogens with one attached hydrogen (secondary N) is 1. The second kappa shape index (κ2) is 10.3. The van der Waals surface area contributed by atoms with Gasteiger partial charge >= 0.3 is 0 Å². The van der Waals surface area contributed by atoms with Crippen molar-refractivity contribution in [1.82, 2.24) is 10.2 Å². The van der Waals surface area contributed by atoms with Crippen LogP contribution in [0.2, 0.25) is 0 Å². The standard InChI is InChI=1S/C19H18N4O7S/c1-27-12-7-8-13(14(9-12)23(25)26)20-17(24)11-31-19-22-21-18(30-19)10-29-16-6-4-3-5-15(16)28-2/h3-9H,10-11H2,1-2H3,(H,20,24). The van der Waals surface area contributed by atoms with Gasteiger partial charge in [-0.2, -0.15) is 0 Å². The molecule has 0 aliphatic rings. The number of rotatable bonds is 10. The number of anilines is 1. The first kappa shape index (κ1) is 21.9. The first-order chi connectivity index (χ1) is 15.0. The largest absolute Gasteiger partial charge is 0.496 e. The van der Waals surface area contributed by atoms with Crippen LogP contribution in [0.3, 0.4) is 0 Å². The summed E-state index contributed by atoms with van der Waals surface area (Å²) in [5.74, 6) is 1.08. The number of methoxy groups -OCH3 is 2. The third-order valence-corrected chi connectivity index (χ3v) is 4.69. The number of benzene rings is 2. The van der Waals surface area contributed by atoms with Crippen LogP contribution in [0.5, 0.6) is 17.2 Å². The van der Waals surface area contributed by atoms with Crippen LogP contribution in [-0.4, -0.2) is 41.0 Å². The van der Waals surface area contributed by atoms with E-state index < -0.39 is 10.8 Å². The predicted molar refractivity (Wildman–Crippen MR) is 111 cm³/mol. The number of amides is 1. The van der Waals surface area contributed by atoms with Gasteiger partial charge in [0.05, 0.1) is 31.0 Å². The summed E-state index contributed by atoms with van der Waals surface area (Å²) >= 11 is 0.993. The maximum Gasteiger partial charge on any atom is 0.296 e. The van der Waals surface area contributed by atoms with E-state index in [0.717, 1.165) is 11.8 Å². The number of thioether (sulfide) groups is 1. The van der Waals surface area contributed by atoms with Gasteiger partial charge in [0.2, 0.25) is 5.91 Å². The quantitative estimate of drug-likeness (QED) is 0.280. The molecule has 1 N–H and O–H groups in total. The van der Waals surface area contributed by atoms with Crippen molar-refractivity contribution >= 4 is 29.0 Å². The van der Waals surface area contributed by atoms with Gasteiger partial charge in [-0.25, -0.2) is 0 Å². The highest BCUT2D eigenvalue weighted by atomic mass is 32.2.